The summed E-state index contributed by atoms with van der Waals surface area (Å²) >= 11 is 3.41. The van der Waals surface area contributed by atoms with Gasteiger partial charge in [-0.1, -0.05) is 22.0 Å². The Hall–Kier alpha value is -3.31. The topological polar surface area (TPSA) is 85.7 Å². The number of halogens is 3. The van der Waals surface area contributed by atoms with E-state index in [1.54, 1.807) is 32.3 Å². The van der Waals surface area contributed by atoms with E-state index >= 15 is 0 Å². The van der Waals surface area contributed by atoms with Crippen LogP contribution in [0.3, 0.4) is 0 Å². The Kier molecular flexibility index (Phi) is 8.00. The van der Waals surface area contributed by atoms with Gasteiger partial charge in [-0.05, 0) is 43.7 Å². The number of ether oxygens (including phenoxy) is 2. The molecule has 1 amide bonds. The molecule has 0 spiro atoms. The molecular formula is C25H25BrF2N4O4. The third-order valence-corrected chi connectivity index (χ3v) is 6.28. The Morgan fingerprint density at radius 2 is 2.03 bits per heavy atom. The van der Waals surface area contributed by atoms with Gasteiger partial charge >= 0.3 is 5.97 Å². The fraction of sp³-hybridized carbons (Fsp3) is 0.320. The number of nitrogens with zero attached hydrogens (tertiary/aromatic N) is 3. The molecule has 1 atom stereocenters. The van der Waals surface area contributed by atoms with Gasteiger partial charge in [0.15, 0.2) is 5.69 Å². The molecule has 0 radical (unpaired) electrons. The summed E-state index contributed by atoms with van der Waals surface area (Å²) in [5.41, 5.74) is 1.10. The monoisotopic (exact) mass is 562 g/mol. The lowest BCUT2D eigenvalue weighted by atomic mass is 10.1. The lowest BCUT2D eigenvalue weighted by Gasteiger charge is -2.20. The van der Waals surface area contributed by atoms with E-state index in [1.165, 1.54) is 27.8 Å². The summed E-state index contributed by atoms with van der Waals surface area (Å²) in [5, 5.41) is 7.40. The number of hydrogen-bond donors (Lipinski definition) is 1. The predicted octanol–water partition coefficient (Wildman–Crippen LogP) is 3.70. The van der Waals surface area contributed by atoms with Gasteiger partial charge in [0.25, 0.3) is 0 Å². The first-order chi connectivity index (χ1) is 17.3. The minimum Gasteiger partial charge on any atom is -0.489 e. The number of rotatable bonds is 8. The van der Waals surface area contributed by atoms with E-state index in [0.29, 0.717) is 30.0 Å². The van der Waals surface area contributed by atoms with E-state index < -0.39 is 23.6 Å². The van der Waals surface area contributed by atoms with E-state index in [4.69, 9.17) is 9.47 Å². The highest BCUT2D eigenvalue weighted by atomic mass is 79.9. The van der Waals surface area contributed by atoms with E-state index in [-0.39, 0.29) is 36.9 Å². The van der Waals surface area contributed by atoms with Gasteiger partial charge in [-0.2, -0.15) is 5.10 Å². The van der Waals surface area contributed by atoms with Crippen molar-refractivity contribution in [2.24, 2.45) is 0 Å². The van der Waals surface area contributed by atoms with Gasteiger partial charge in [-0.15, -0.1) is 0 Å². The van der Waals surface area contributed by atoms with Crippen LogP contribution in [0.15, 0.2) is 47.1 Å². The quantitative estimate of drug-likeness (QED) is 0.421. The molecule has 36 heavy (non-hydrogen) atoms. The molecule has 8 nitrogen and oxygen atoms in total. The Labute approximate surface area is 215 Å². The molecule has 1 N–H and O–H groups in total. The maximum atomic E-state index is 14.1. The van der Waals surface area contributed by atoms with Gasteiger partial charge < -0.3 is 19.7 Å². The van der Waals surface area contributed by atoms with Crippen LogP contribution >= 0.6 is 15.9 Å². The van der Waals surface area contributed by atoms with Crippen LogP contribution in [0, 0.1) is 11.6 Å². The standard InChI is InChI=1S/C25H25BrF2N4O4/c1-3-35-25(34)23-15(12-32(30-23)13-17-18(27)5-4-6-19(17)28)9-10-29-20-14-36-22-11-16(26)7-8-21(22)31(2)24(20)33/h4-8,11-12,20,29H,3,9-10,13-14H2,1-2H3/t20-/m0/s1. The average Bonchev–Trinajstić information content (AvgIpc) is 3.21. The number of anilines is 1. The molecule has 0 fully saturated rings. The van der Waals surface area contributed by atoms with Crippen molar-refractivity contribution in [1.82, 2.24) is 15.1 Å². The third kappa shape index (κ3) is 5.57. The predicted molar refractivity (Wildman–Crippen MR) is 132 cm³/mol. The third-order valence-electron chi connectivity index (χ3n) is 5.79. The molecule has 1 aliphatic heterocycles. The largest absolute Gasteiger partial charge is 0.489 e. The lowest BCUT2D eigenvalue weighted by molar-refractivity contribution is -0.120. The molecule has 0 unspecified atom stereocenters. The summed E-state index contributed by atoms with van der Waals surface area (Å²) in [6.07, 6.45) is 1.88. The summed E-state index contributed by atoms with van der Waals surface area (Å²) < 4.78 is 41.3. The molecule has 3 aromatic rings. The molecule has 2 heterocycles. The molecule has 2 aromatic carbocycles. The van der Waals surface area contributed by atoms with Crippen LogP contribution < -0.4 is 15.0 Å². The zero-order valence-electron chi connectivity index (χ0n) is 19.8. The molecule has 190 valence electrons. The second-order valence-electron chi connectivity index (χ2n) is 8.20. The fourth-order valence-corrected chi connectivity index (χ4v) is 4.29. The van der Waals surface area contributed by atoms with Gasteiger partial charge in [0.1, 0.15) is 30.0 Å². The maximum Gasteiger partial charge on any atom is 0.359 e. The molecule has 0 saturated carbocycles. The van der Waals surface area contributed by atoms with Crippen molar-refractivity contribution in [2.75, 3.05) is 31.7 Å². The van der Waals surface area contributed by atoms with Crippen molar-refractivity contribution in [2.45, 2.75) is 25.9 Å². The maximum absolute atomic E-state index is 14.1. The van der Waals surface area contributed by atoms with Crippen LogP contribution in [0.2, 0.25) is 0 Å². The van der Waals surface area contributed by atoms with E-state index in [9.17, 15) is 18.4 Å². The van der Waals surface area contributed by atoms with Gasteiger partial charge in [0.05, 0.1) is 18.8 Å². The number of fused-ring (bicyclic) bond motifs is 1. The summed E-state index contributed by atoms with van der Waals surface area (Å²) in [7, 11) is 1.68. The molecule has 0 saturated heterocycles. The molecule has 1 aliphatic rings. The number of hydrogen-bond acceptors (Lipinski definition) is 6. The summed E-state index contributed by atoms with van der Waals surface area (Å²) in [6.45, 7) is 2.09. The molecular weight excluding hydrogens is 538 g/mol. The smallest absolute Gasteiger partial charge is 0.359 e. The first-order valence-corrected chi connectivity index (χ1v) is 12.2. The van der Waals surface area contributed by atoms with Crippen LogP contribution in [0.25, 0.3) is 0 Å². The second kappa shape index (κ2) is 11.2. The summed E-state index contributed by atoms with van der Waals surface area (Å²) in [4.78, 5) is 27.0. The highest BCUT2D eigenvalue weighted by molar-refractivity contribution is 9.10. The first-order valence-electron chi connectivity index (χ1n) is 11.4. The van der Waals surface area contributed by atoms with Crippen molar-refractivity contribution in [3.8, 4) is 5.75 Å². The lowest BCUT2D eigenvalue weighted by Crippen LogP contribution is -2.47. The van der Waals surface area contributed by atoms with Crippen molar-refractivity contribution in [3.05, 3.63) is 75.5 Å². The van der Waals surface area contributed by atoms with Gasteiger partial charge in [-0.25, -0.2) is 13.6 Å². The van der Waals surface area contributed by atoms with Crippen molar-refractivity contribution >= 4 is 33.5 Å². The fourth-order valence-electron chi connectivity index (χ4n) is 3.95. The normalized spacial score (nSPS) is 15.3. The molecule has 0 aliphatic carbocycles. The number of aromatic nitrogens is 2. The molecule has 4 rings (SSSR count). The zero-order valence-corrected chi connectivity index (χ0v) is 21.3. The first kappa shape index (κ1) is 25.8. The number of benzene rings is 2. The Morgan fingerprint density at radius 1 is 1.28 bits per heavy atom. The van der Waals surface area contributed by atoms with Crippen LogP contribution in [0.1, 0.15) is 28.5 Å². The van der Waals surface area contributed by atoms with Crippen LogP contribution in [-0.4, -0.2) is 54.5 Å². The second-order valence-corrected chi connectivity index (χ2v) is 9.11. The Bertz CT molecular complexity index is 1260. The van der Waals surface area contributed by atoms with Gasteiger partial charge in [0, 0.05) is 35.4 Å². The SMILES string of the molecule is CCOC(=O)c1nn(Cc2c(F)cccc2F)cc1CCN[C@H]1COc2cc(Br)ccc2N(C)C1=O. The Balaban J connectivity index is 1.47. The number of likely N-dealkylation sites (N-methyl/N-ethyl adjacent to an activating group) is 1. The zero-order chi connectivity index (χ0) is 25.8. The van der Waals surface area contributed by atoms with Gasteiger partial charge in [-0.3, -0.25) is 9.48 Å². The van der Waals surface area contributed by atoms with Crippen LogP contribution in [0.5, 0.6) is 5.75 Å². The minimum absolute atomic E-state index is 0.0632. The van der Waals surface area contributed by atoms with Crippen molar-refractivity contribution < 1.29 is 27.8 Å². The van der Waals surface area contributed by atoms with Crippen molar-refractivity contribution in [1.29, 1.82) is 0 Å². The highest BCUT2D eigenvalue weighted by Gasteiger charge is 2.29. The minimum atomic E-state index is -0.699. The van der Waals surface area contributed by atoms with Crippen LogP contribution in [0.4, 0.5) is 14.5 Å². The van der Waals surface area contributed by atoms with E-state index in [1.807, 2.05) is 6.07 Å². The highest BCUT2D eigenvalue weighted by Crippen LogP contribution is 2.33. The number of amides is 1. The molecule has 0 bridgehead atoms. The number of nitrogens with one attached hydrogen (secondary N) is 1. The average molecular weight is 563 g/mol. The summed E-state index contributed by atoms with van der Waals surface area (Å²) in [6, 6.07) is 8.44. The number of esters is 1. The molecule has 11 heteroatoms. The van der Waals surface area contributed by atoms with Crippen LogP contribution in [-0.2, 0) is 22.5 Å². The van der Waals surface area contributed by atoms with E-state index in [2.05, 4.69) is 26.3 Å². The number of carbonyl (C=O) groups is 2. The summed E-state index contributed by atoms with van der Waals surface area (Å²) in [5.74, 6) is -1.59. The van der Waals surface area contributed by atoms with Gasteiger partial charge in [0.2, 0.25) is 5.91 Å². The Morgan fingerprint density at radius 3 is 2.75 bits per heavy atom. The molecule has 1 aromatic heterocycles. The number of carbonyl (C=O) groups excluding carboxylic acids is 2. The van der Waals surface area contributed by atoms with Crippen molar-refractivity contribution in [3.63, 3.8) is 0 Å². The van der Waals surface area contributed by atoms with E-state index in [0.717, 1.165) is 4.47 Å².